The maximum atomic E-state index is 10.2. The van der Waals surface area contributed by atoms with Crippen LogP contribution in [0.3, 0.4) is 0 Å². The molecule has 14 heavy (non-hydrogen) atoms. The van der Waals surface area contributed by atoms with E-state index in [1.807, 2.05) is 6.08 Å². The quantitative estimate of drug-likeness (QED) is 0.380. The monoisotopic (exact) mass is 197 g/mol. The molecule has 1 aliphatic carbocycles. The largest absolute Gasteiger partial charge is 0.463 e. The Bertz CT molecular complexity index is 258. The van der Waals surface area contributed by atoms with Crippen LogP contribution in [0.2, 0.25) is 0 Å². The van der Waals surface area contributed by atoms with Gasteiger partial charge in [-0.25, -0.2) is 0 Å². The molecule has 2 atom stereocenters. The highest BCUT2D eigenvalue weighted by Crippen LogP contribution is 2.54. The van der Waals surface area contributed by atoms with Gasteiger partial charge in [-0.2, -0.15) is 0 Å². The zero-order valence-corrected chi connectivity index (χ0v) is 8.64. The Kier molecular flexibility index (Phi) is 3.28. The highest BCUT2D eigenvalue weighted by molar-refractivity contribution is 5.70. The molecule has 0 saturated heterocycles. The fraction of sp³-hybridized carbons (Fsp3) is 0.600. The van der Waals surface area contributed by atoms with E-state index in [1.165, 1.54) is 7.11 Å². The fourth-order valence-electron chi connectivity index (χ4n) is 1.56. The molecule has 4 nitrogen and oxygen atoms in total. The van der Waals surface area contributed by atoms with Crippen molar-refractivity contribution in [3.05, 3.63) is 12.2 Å². The van der Waals surface area contributed by atoms with Crippen molar-refractivity contribution in [1.29, 1.82) is 0 Å². The number of rotatable bonds is 5. The number of nitrogens with zero attached hydrogens (tertiary/aromatic N) is 1. The Balaban J connectivity index is 2.44. The first-order valence-corrected chi connectivity index (χ1v) is 4.47. The summed E-state index contributed by atoms with van der Waals surface area (Å²) in [6.07, 6.45) is 5.32. The summed E-state index contributed by atoms with van der Waals surface area (Å²) < 4.78 is 4.93. The second kappa shape index (κ2) is 4.26. The fourth-order valence-corrected chi connectivity index (χ4v) is 1.56. The van der Waals surface area contributed by atoms with Crippen molar-refractivity contribution in [3.8, 4) is 0 Å². The average molecular weight is 197 g/mol. The Hall–Kier alpha value is -1.32. The van der Waals surface area contributed by atoms with Gasteiger partial charge in [0.1, 0.15) is 13.2 Å². The second-order valence-electron chi connectivity index (χ2n) is 3.82. The lowest BCUT2D eigenvalue weighted by Crippen LogP contribution is -1.98. The molecule has 1 rings (SSSR count). The van der Waals surface area contributed by atoms with E-state index in [-0.39, 0.29) is 17.4 Å². The zero-order chi connectivity index (χ0) is 10.6. The van der Waals surface area contributed by atoms with E-state index in [0.29, 0.717) is 6.47 Å². The van der Waals surface area contributed by atoms with Crippen molar-refractivity contribution in [2.45, 2.75) is 20.0 Å². The van der Waals surface area contributed by atoms with E-state index < -0.39 is 0 Å². The smallest absolute Gasteiger partial charge is 0.293 e. The van der Waals surface area contributed by atoms with Crippen LogP contribution < -0.4 is 0 Å². The molecule has 4 heteroatoms. The summed E-state index contributed by atoms with van der Waals surface area (Å²) in [6, 6.07) is 0. The molecule has 0 N–H and O–H groups in total. The molecule has 0 aliphatic heterocycles. The average Bonchev–Trinajstić information content (AvgIpc) is 2.64. The lowest BCUT2D eigenvalue weighted by molar-refractivity contribution is -0.130. The number of allylic oxidation sites excluding steroid dienone is 1. The van der Waals surface area contributed by atoms with Crippen molar-refractivity contribution in [2.24, 2.45) is 16.5 Å². The Labute approximate surface area is 83.6 Å². The lowest BCUT2D eigenvalue weighted by atomic mass is 10.1. The number of hydrogen-bond donors (Lipinski definition) is 0. The van der Waals surface area contributed by atoms with Gasteiger partial charge in [-0.15, -0.1) is 0 Å². The van der Waals surface area contributed by atoms with Gasteiger partial charge in [-0.05, 0) is 6.08 Å². The van der Waals surface area contributed by atoms with Crippen molar-refractivity contribution < 1.29 is 14.4 Å². The minimum atomic E-state index is -0.00723. The first-order chi connectivity index (χ1) is 6.64. The van der Waals surface area contributed by atoms with Gasteiger partial charge in [0.05, 0.1) is 6.21 Å². The van der Waals surface area contributed by atoms with Crippen molar-refractivity contribution in [3.63, 3.8) is 0 Å². The summed E-state index contributed by atoms with van der Waals surface area (Å²) in [6.45, 7) is 4.62. The molecule has 0 bridgehead atoms. The number of carbonyl (C=O) groups excluding carboxylic acids is 1. The van der Waals surface area contributed by atoms with Crippen LogP contribution in [0, 0.1) is 11.3 Å². The van der Waals surface area contributed by atoms with Crippen LogP contribution in [0.1, 0.15) is 13.8 Å². The third-order valence-corrected chi connectivity index (χ3v) is 2.58. The van der Waals surface area contributed by atoms with Crippen LogP contribution >= 0.6 is 0 Å². The Morgan fingerprint density at radius 1 is 1.43 bits per heavy atom. The predicted molar refractivity (Wildman–Crippen MR) is 52.8 cm³/mol. The molecule has 2 unspecified atom stereocenters. The first kappa shape index (κ1) is 10.8. The van der Waals surface area contributed by atoms with Crippen LogP contribution in [-0.4, -0.2) is 25.9 Å². The summed E-state index contributed by atoms with van der Waals surface area (Å²) >= 11 is 0. The standard InChI is InChI=1S/C10H15NO3/c1-10(2)8(9(10)14-7-12)5-4-6-11-13-3/h4-9H,1-3H3. The number of ether oxygens (including phenoxy) is 1. The highest BCUT2D eigenvalue weighted by Gasteiger charge is 2.58. The summed E-state index contributed by atoms with van der Waals surface area (Å²) in [5.74, 6) is 0.274. The van der Waals surface area contributed by atoms with Crippen LogP contribution in [0.15, 0.2) is 17.3 Å². The van der Waals surface area contributed by atoms with Crippen molar-refractivity contribution >= 4 is 12.7 Å². The van der Waals surface area contributed by atoms with Crippen molar-refractivity contribution in [2.75, 3.05) is 7.11 Å². The topological polar surface area (TPSA) is 47.9 Å². The predicted octanol–water partition coefficient (Wildman–Crippen LogP) is 1.37. The Morgan fingerprint density at radius 2 is 2.14 bits per heavy atom. The lowest BCUT2D eigenvalue weighted by Gasteiger charge is -1.97. The van der Waals surface area contributed by atoms with Gasteiger partial charge in [0.25, 0.3) is 6.47 Å². The molecular weight excluding hydrogens is 182 g/mol. The molecule has 0 amide bonds. The number of carbonyl (C=O) groups is 1. The van der Waals surface area contributed by atoms with Crippen LogP contribution in [-0.2, 0) is 14.4 Å². The molecule has 1 saturated carbocycles. The third-order valence-electron chi connectivity index (χ3n) is 2.58. The maximum Gasteiger partial charge on any atom is 0.293 e. The van der Waals surface area contributed by atoms with Gasteiger partial charge in [0.15, 0.2) is 0 Å². The number of hydrogen-bond acceptors (Lipinski definition) is 4. The molecule has 0 aromatic rings. The number of oxime groups is 1. The van der Waals surface area contributed by atoms with Gasteiger partial charge in [0, 0.05) is 11.3 Å². The molecule has 0 spiro atoms. The summed E-state index contributed by atoms with van der Waals surface area (Å²) in [5, 5.41) is 3.57. The van der Waals surface area contributed by atoms with E-state index in [1.54, 1.807) is 12.3 Å². The SMILES string of the molecule is CON=CC=CC1C(OC=O)C1(C)C. The van der Waals surface area contributed by atoms with Gasteiger partial charge >= 0.3 is 0 Å². The summed E-state index contributed by atoms with van der Waals surface area (Å²) in [4.78, 5) is 14.7. The first-order valence-electron chi connectivity index (χ1n) is 4.47. The van der Waals surface area contributed by atoms with E-state index >= 15 is 0 Å². The zero-order valence-electron chi connectivity index (χ0n) is 8.64. The van der Waals surface area contributed by atoms with Gasteiger partial charge in [-0.3, -0.25) is 4.79 Å². The molecule has 1 fully saturated rings. The molecule has 0 radical (unpaired) electrons. The van der Waals surface area contributed by atoms with Gasteiger partial charge < -0.3 is 9.57 Å². The maximum absolute atomic E-state index is 10.2. The van der Waals surface area contributed by atoms with E-state index in [0.717, 1.165) is 0 Å². The van der Waals surface area contributed by atoms with E-state index in [4.69, 9.17) is 4.74 Å². The third kappa shape index (κ3) is 2.13. The van der Waals surface area contributed by atoms with Crippen LogP contribution in [0.5, 0.6) is 0 Å². The summed E-state index contributed by atoms with van der Waals surface area (Å²) in [5.41, 5.74) is 0.0400. The normalized spacial score (nSPS) is 29.4. The molecular formula is C10H15NO3. The van der Waals surface area contributed by atoms with Crippen LogP contribution in [0.4, 0.5) is 0 Å². The molecule has 0 aromatic heterocycles. The van der Waals surface area contributed by atoms with Gasteiger partial charge in [-0.1, -0.05) is 25.1 Å². The summed E-state index contributed by atoms with van der Waals surface area (Å²) in [7, 11) is 1.49. The van der Waals surface area contributed by atoms with Crippen molar-refractivity contribution in [1.82, 2.24) is 0 Å². The van der Waals surface area contributed by atoms with E-state index in [9.17, 15) is 4.79 Å². The minimum absolute atomic E-state index is 0.00723. The van der Waals surface area contributed by atoms with Gasteiger partial charge in [0.2, 0.25) is 0 Å². The van der Waals surface area contributed by atoms with E-state index in [2.05, 4.69) is 23.8 Å². The highest BCUT2D eigenvalue weighted by atomic mass is 16.6. The molecule has 0 aromatic carbocycles. The minimum Gasteiger partial charge on any atom is -0.463 e. The van der Waals surface area contributed by atoms with Crippen LogP contribution in [0.25, 0.3) is 0 Å². The molecule has 1 aliphatic rings. The molecule has 0 heterocycles. The Morgan fingerprint density at radius 3 is 2.71 bits per heavy atom. The molecule has 78 valence electrons. The second-order valence-corrected chi connectivity index (χ2v) is 3.82.